The van der Waals surface area contributed by atoms with Crippen LogP contribution in [0.25, 0.3) is 11.2 Å². The van der Waals surface area contributed by atoms with E-state index in [2.05, 4.69) is 20.4 Å². The van der Waals surface area contributed by atoms with E-state index in [0.717, 1.165) is 5.82 Å². The molecule has 11 nitrogen and oxygen atoms in total. The molecule has 2 unspecified atom stereocenters. The zero-order valence-corrected chi connectivity index (χ0v) is 16.5. The van der Waals surface area contributed by atoms with Crippen molar-refractivity contribution in [3.8, 4) is 0 Å². The van der Waals surface area contributed by atoms with Crippen molar-refractivity contribution in [3.63, 3.8) is 0 Å². The number of anilines is 1. The van der Waals surface area contributed by atoms with Crippen molar-refractivity contribution < 1.29 is 10.2 Å². The normalized spacial score (nSPS) is 20.4. The molecule has 0 spiro atoms. The lowest BCUT2D eigenvalue weighted by Crippen LogP contribution is -2.39. The average Bonchev–Trinajstić information content (AvgIpc) is 3.33. The van der Waals surface area contributed by atoms with Gasteiger partial charge in [0.15, 0.2) is 17.0 Å². The molecule has 0 bridgehead atoms. The summed E-state index contributed by atoms with van der Waals surface area (Å²) in [6.45, 7) is 6.91. The summed E-state index contributed by atoms with van der Waals surface area (Å²) in [7, 11) is 1.82. The van der Waals surface area contributed by atoms with Crippen LogP contribution in [0.15, 0.2) is 6.33 Å². The molecular weight excluding hydrogens is 362 g/mol. The molecule has 0 amide bonds. The van der Waals surface area contributed by atoms with Gasteiger partial charge in [0.25, 0.3) is 0 Å². The molecule has 3 aromatic heterocycles. The van der Waals surface area contributed by atoms with Gasteiger partial charge in [0, 0.05) is 19.0 Å². The molecule has 1 aliphatic rings. The number of fused-ring (bicyclic) bond motifs is 1. The van der Waals surface area contributed by atoms with Crippen LogP contribution < -0.4 is 4.90 Å². The predicted molar refractivity (Wildman–Crippen MR) is 101 cm³/mol. The minimum Gasteiger partial charge on any atom is -0.394 e. The van der Waals surface area contributed by atoms with Gasteiger partial charge in [0.2, 0.25) is 0 Å². The van der Waals surface area contributed by atoms with E-state index in [0.29, 0.717) is 42.3 Å². The predicted octanol–water partition coefficient (Wildman–Crippen LogP) is -0.372. The molecule has 11 heteroatoms. The Morgan fingerprint density at radius 1 is 1.25 bits per heavy atom. The van der Waals surface area contributed by atoms with Gasteiger partial charge in [-0.05, 0) is 6.42 Å². The van der Waals surface area contributed by atoms with Crippen LogP contribution in [0.4, 0.5) is 5.82 Å². The molecule has 0 aliphatic carbocycles. The van der Waals surface area contributed by atoms with E-state index in [-0.39, 0.29) is 12.0 Å². The smallest absolute Gasteiger partial charge is 0.184 e. The van der Waals surface area contributed by atoms with E-state index in [1.165, 1.54) is 6.33 Å². The second kappa shape index (κ2) is 6.74. The summed E-state index contributed by atoms with van der Waals surface area (Å²) < 4.78 is 3.36. The number of nitrogens with zero attached hydrogens (tertiary/aromatic N) is 9. The van der Waals surface area contributed by atoms with Gasteiger partial charge >= 0.3 is 0 Å². The Morgan fingerprint density at radius 3 is 2.68 bits per heavy atom. The van der Waals surface area contributed by atoms with E-state index < -0.39 is 12.1 Å². The van der Waals surface area contributed by atoms with Gasteiger partial charge in [-0.2, -0.15) is 5.10 Å². The number of hydrogen-bond donors (Lipinski definition) is 2. The van der Waals surface area contributed by atoms with Gasteiger partial charge in [-0.25, -0.2) is 19.6 Å². The van der Waals surface area contributed by atoms with Crippen LogP contribution in [0.3, 0.4) is 0 Å². The third kappa shape index (κ3) is 3.10. The van der Waals surface area contributed by atoms with Gasteiger partial charge < -0.3 is 15.1 Å². The van der Waals surface area contributed by atoms with E-state index in [9.17, 15) is 10.2 Å². The monoisotopic (exact) mass is 387 g/mol. The lowest BCUT2D eigenvalue weighted by molar-refractivity contribution is 0.128. The highest BCUT2D eigenvalue weighted by Gasteiger charge is 2.36. The third-order valence-electron chi connectivity index (χ3n) is 5.08. The van der Waals surface area contributed by atoms with E-state index in [4.69, 9.17) is 9.97 Å². The summed E-state index contributed by atoms with van der Waals surface area (Å²) in [6, 6.07) is -0.421. The fourth-order valence-electron chi connectivity index (χ4n) is 3.40. The Morgan fingerprint density at radius 2 is 2.04 bits per heavy atom. The number of aryl methyl sites for hydroxylation is 1. The molecule has 1 saturated heterocycles. The molecule has 1 aliphatic heterocycles. The van der Waals surface area contributed by atoms with Gasteiger partial charge in [0.1, 0.15) is 24.5 Å². The first-order valence-corrected chi connectivity index (χ1v) is 9.29. The summed E-state index contributed by atoms with van der Waals surface area (Å²) in [5.41, 5.74) is 0.842. The average molecular weight is 387 g/mol. The number of hydrogen-bond acceptors (Lipinski definition) is 9. The minimum absolute atomic E-state index is 0.162. The zero-order chi connectivity index (χ0) is 20.1. The number of aliphatic hydroxyl groups excluding tert-OH is 2. The Labute approximate surface area is 162 Å². The first-order chi connectivity index (χ1) is 13.3. The maximum atomic E-state index is 10.2. The molecule has 2 atom stereocenters. The molecule has 0 aromatic carbocycles. The molecule has 1 fully saturated rings. The van der Waals surface area contributed by atoms with Crippen molar-refractivity contribution in [2.45, 2.75) is 51.3 Å². The molecule has 0 saturated carbocycles. The summed E-state index contributed by atoms with van der Waals surface area (Å²) in [4.78, 5) is 15.6. The Balaban J connectivity index is 1.86. The van der Waals surface area contributed by atoms with Crippen molar-refractivity contribution in [1.29, 1.82) is 0 Å². The van der Waals surface area contributed by atoms with E-state index >= 15 is 0 Å². The quantitative estimate of drug-likeness (QED) is 0.615. The van der Waals surface area contributed by atoms with Crippen LogP contribution in [0.5, 0.6) is 0 Å². The first kappa shape index (κ1) is 18.7. The lowest BCUT2D eigenvalue weighted by Gasteiger charge is -2.27. The van der Waals surface area contributed by atoms with Crippen molar-refractivity contribution in [1.82, 2.24) is 39.7 Å². The van der Waals surface area contributed by atoms with Gasteiger partial charge in [-0.15, -0.1) is 5.10 Å². The van der Waals surface area contributed by atoms with Crippen LogP contribution in [-0.4, -0.2) is 75.2 Å². The summed E-state index contributed by atoms with van der Waals surface area (Å²) >= 11 is 0. The van der Waals surface area contributed by atoms with Crippen LogP contribution >= 0.6 is 0 Å². The van der Waals surface area contributed by atoms with Crippen molar-refractivity contribution in [2.24, 2.45) is 7.05 Å². The second-order valence-electron chi connectivity index (χ2n) is 8.14. The highest BCUT2D eigenvalue weighted by Crippen LogP contribution is 2.31. The van der Waals surface area contributed by atoms with Crippen LogP contribution in [-0.2, 0) is 19.0 Å². The zero-order valence-electron chi connectivity index (χ0n) is 16.5. The maximum absolute atomic E-state index is 10.2. The summed E-state index contributed by atoms with van der Waals surface area (Å²) in [5, 5.41) is 32.7. The topological polar surface area (TPSA) is 131 Å². The Kier molecular flexibility index (Phi) is 4.50. The summed E-state index contributed by atoms with van der Waals surface area (Å²) in [6.07, 6.45) is 1.45. The minimum atomic E-state index is -0.609. The molecular formula is C17H25N9O2. The standard InChI is InChI=1S/C17H25N9O2/c1-17(2,3)16-20-14(25-6-5-11(28)10(25)8-27)13-15(21-16)26(23-22-13)7-12-18-9-19-24(12)4/h9-11,27-28H,5-8H2,1-4H3. The van der Waals surface area contributed by atoms with Crippen molar-refractivity contribution >= 4 is 17.0 Å². The number of rotatable bonds is 4. The van der Waals surface area contributed by atoms with Gasteiger partial charge in [-0.1, -0.05) is 26.0 Å². The molecule has 4 heterocycles. The van der Waals surface area contributed by atoms with Crippen molar-refractivity contribution in [2.75, 3.05) is 18.1 Å². The fraction of sp³-hybridized carbons (Fsp3) is 0.647. The molecule has 0 radical (unpaired) electrons. The second-order valence-corrected chi connectivity index (χ2v) is 8.14. The largest absolute Gasteiger partial charge is 0.394 e. The molecule has 4 rings (SSSR count). The van der Waals surface area contributed by atoms with E-state index in [1.807, 2.05) is 32.7 Å². The lowest BCUT2D eigenvalue weighted by atomic mass is 9.95. The van der Waals surface area contributed by atoms with Crippen LogP contribution in [0.2, 0.25) is 0 Å². The van der Waals surface area contributed by atoms with Crippen LogP contribution in [0, 0.1) is 0 Å². The molecule has 150 valence electrons. The maximum Gasteiger partial charge on any atom is 0.184 e. The highest BCUT2D eigenvalue weighted by molar-refractivity contribution is 5.83. The van der Waals surface area contributed by atoms with Crippen molar-refractivity contribution in [3.05, 3.63) is 18.0 Å². The van der Waals surface area contributed by atoms with Gasteiger partial charge in [0.05, 0.1) is 18.8 Å². The van der Waals surface area contributed by atoms with Crippen LogP contribution in [0.1, 0.15) is 38.8 Å². The molecule has 2 N–H and O–H groups in total. The highest BCUT2D eigenvalue weighted by atomic mass is 16.3. The van der Waals surface area contributed by atoms with E-state index in [1.54, 1.807) is 9.36 Å². The third-order valence-corrected chi connectivity index (χ3v) is 5.08. The van der Waals surface area contributed by atoms with Gasteiger partial charge in [-0.3, -0.25) is 4.68 Å². The fourth-order valence-corrected chi connectivity index (χ4v) is 3.40. The Bertz CT molecular complexity index is 990. The Hall–Kier alpha value is -2.66. The molecule has 28 heavy (non-hydrogen) atoms. The summed E-state index contributed by atoms with van der Waals surface area (Å²) in [5.74, 6) is 1.97. The SMILES string of the molecule is Cn1ncnc1Cn1nnc2c(N3CCC(O)C3CO)nc(C(C)(C)C)nc21. The first-order valence-electron chi connectivity index (χ1n) is 9.29. The number of aromatic nitrogens is 8. The molecule has 3 aromatic rings. The number of aliphatic hydroxyl groups is 2.